The van der Waals surface area contributed by atoms with Gasteiger partial charge in [0.1, 0.15) is 5.37 Å². The Morgan fingerprint density at radius 1 is 1.44 bits per heavy atom. The van der Waals surface area contributed by atoms with E-state index in [1.807, 2.05) is 6.92 Å². The highest BCUT2D eigenvalue weighted by molar-refractivity contribution is 8.01. The minimum atomic E-state index is -3.20. The topological polar surface area (TPSA) is 66.5 Å². The molecule has 1 aliphatic heterocycles. The summed E-state index contributed by atoms with van der Waals surface area (Å²) in [7, 11) is -3.20. The predicted octanol–water partition coefficient (Wildman–Crippen LogP) is 1.31. The summed E-state index contributed by atoms with van der Waals surface area (Å²) in [5, 5.41) is 2.13. The SMILES string of the molecule is CCCCNC(=O)N1CCSCC1S(=O)(=O)CC. The van der Waals surface area contributed by atoms with E-state index in [0.29, 0.717) is 18.8 Å². The summed E-state index contributed by atoms with van der Waals surface area (Å²) in [5.41, 5.74) is 0. The third kappa shape index (κ3) is 4.05. The highest BCUT2D eigenvalue weighted by Crippen LogP contribution is 2.21. The van der Waals surface area contributed by atoms with Gasteiger partial charge in [-0.3, -0.25) is 0 Å². The van der Waals surface area contributed by atoms with Gasteiger partial charge in [-0.1, -0.05) is 20.3 Å². The van der Waals surface area contributed by atoms with Crippen molar-refractivity contribution in [3.8, 4) is 0 Å². The molecule has 7 heteroatoms. The fraction of sp³-hybridized carbons (Fsp3) is 0.909. The molecule has 1 aliphatic rings. The number of hydrogen-bond acceptors (Lipinski definition) is 4. The molecule has 1 rings (SSSR count). The molecular formula is C11H22N2O3S2. The Bertz CT molecular complexity index is 370. The minimum absolute atomic E-state index is 0.0803. The molecule has 0 bridgehead atoms. The lowest BCUT2D eigenvalue weighted by Gasteiger charge is -2.34. The molecule has 1 atom stereocenters. The Morgan fingerprint density at radius 3 is 2.78 bits per heavy atom. The van der Waals surface area contributed by atoms with E-state index in [-0.39, 0.29) is 11.8 Å². The number of nitrogens with zero attached hydrogens (tertiary/aromatic N) is 1. The fourth-order valence-electron chi connectivity index (χ4n) is 1.78. The highest BCUT2D eigenvalue weighted by Gasteiger charge is 2.35. The fourth-order valence-corrected chi connectivity index (χ4v) is 4.74. The third-order valence-corrected chi connectivity index (χ3v) is 6.26. The van der Waals surface area contributed by atoms with Crippen LogP contribution < -0.4 is 5.32 Å². The van der Waals surface area contributed by atoms with Crippen LogP contribution >= 0.6 is 11.8 Å². The van der Waals surface area contributed by atoms with Crippen LogP contribution in [0.1, 0.15) is 26.7 Å². The Kier molecular flexibility index (Phi) is 6.28. The second-order valence-corrected chi connectivity index (χ2v) is 7.86. The number of nitrogens with one attached hydrogen (secondary N) is 1. The largest absolute Gasteiger partial charge is 0.338 e. The summed E-state index contributed by atoms with van der Waals surface area (Å²) < 4.78 is 23.9. The first-order valence-corrected chi connectivity index (χ1v) is 9.23. The average Bonchev–Trinajstić information content (AvgIpc) is 2.39. The summed E-state index contributed by atoms with van der Waals surface area (Å²) in [4.78, 5) is 13.5. The van der Waals surface area contributed by atoms with Gasteiger partial charge in [-0.2, -0.15) is 11.8 Å². The average molecular weight is 294 g/mol. The van der Waals surface area contributed by atoms with E-state index in [2.05, 4.69) is 5.32 Å². The maximum Gasteiger partial charge on any atom is 0.318 e. The molecule has 1 heterocycles. The van der Waals surface area contributed by atoms with Crippen LogP contribution in [0.5, 0.6) is 0 Å². The van der Waals surface area contributed by atoms with Gasteiger partial charge in [0.25, 0.3) is 0 Å². The second kappa shape index (κ2) is 7.23. The monoisotopic (exact) mass is 294 g/mol. The zero-order chi connectivity index (χ0) is 13.6. The Balaban J connectivity index is 2.67. The number of rotatable bonds is 5. The van der Waals surface area contributed by atoms with Crippen molar-refractivity contribution in [2.24, 2.45) is 0 Å². The lowest BCUT2D eigenvalue weighted by Crippen LogP contribution is -2.54. The number of sulfone groups is 1. The van der Waals surface area contributed by atoms with E-state index in [1.54, 1.807) is 18.7 Å². The molecule has 1 N–H and O–H groups in total. The number of unbranched alkanes of at least 4 members (excludes halogenated alkanes) is 1. The van der Waals surface area contributed by atoms with Crippen molar-refractivity contribution in [2.45, 2.75) is 32.1 Å². The maximum absolute atomic E-state index is 12.0. The van der Waals surface area contributed by atoms with Crippen LogP contribution in [-0.2, 0) is 9.84 Å². The van der Waals surface area contributed by atoms with Gasteiger partial charge < -0.3 is 10.2 Å². The van der Waals surface area contributed by atoms with E-state index in [4.69, 9.17) is 0 Å². The van der Waals surface area contributed by atoms with Gasteiger partial charge in [-0.05, 0) is 6.42 Å². The Morgan fingerprint density at radius 2 is 2.17 bits per heavy atom. The van der Waals surface area contributed by atoms with Crippen molar-refractivity contribution in [3.05, 3.63) is 0 Å². The summed E-state index contributed by atoms with van der Waals surface area (Å²) in [6, 6.07) is -0.245. The van der Waals surface area contributed by atoms with E-state index in [9.17, 15) is 13.2 Å². The molecule has 0 saturated carbocycles. The number of hydrogen-bond donors (Lipinski definition) is 1. The molecule has 1 unspecified atom stereocenters. The summed E-state index contributed by atoms with van der Waals surface area (Å²) in [6.07, 6.45) is 1.92. The Hall–Kier alpha value is -0.430. The standard InChI is InChI=1S/C11H22N2O3S2/c1-3-5-6-12-11(14)13-7-8-17-9-10(13)18(15,16)4-2/h10H,3-9H2,1-2H3,(H,12,14). The summed E-state index contributed by atoms with van der Waals surface area (Å²) in [5.74, 6) is 1.37. The van der Waals surface area contributed by atoms with Crippen molar-refractivity contribution >= 4 is 27.6 Å². The number of carbonyl (C=O) groups is 1. The van der Waals surface area contributed by atoms with Crippen LogP contribution in [0, 0.1) is 0 Å². The normalized spacial score (nSPS) is 20.8. The van der Waals surface area contributed by atoms with Crippen LogP contribution in [0.25, 0.3) is 0 Å². The first-order chi connectivity index (χ1) is 8.53. The summed E-state index contributed by atoms with van der Waals surface area (Å²) in [6.45, 7) is 4.79. The number of urea groups is 1. The van der Waals surface area contributed by atoms with Crippen molar-refractivity contribution in [3.63, 3.8) is 0 Å². The number of thioether (sulfide) groups is 1. The van der Waals surface area contributed by atoms with Crippen molar-refractivity contribution < 1.29 is 13.2 Å². The number of amides is 2. The predicted molar refractivity (Wildman–Crippen MR) is 75.6 cm³/mol. The van der Waals surface area contributed by atoms with Crippen LogP contribution in [-0.4, -0.2) is 55.1 Å². The smallest absolute Gasteiger partial charge is 0.318 e. The molecule has 0 spiro atoms. The molecule has 1 fully saturated rings. The van der Waals surface area contributed by atoms with Gasteiger partial charge in [-0.15, -0.1) is 0 Å². The number of carbonyl (C=O) groups excluding carboxylic acids is 1. The molecule has 0 aromatic heterocycles. The van der Waals surface area contributed by atoms with Crippen LogP contribution in [0.3, 0.4) is 0 Å². The molecule has 106 valence electrons. The van der Waals surface area contributed by atoms with Crippen molar-refractivity contribution in [1.29, 1.82) is 0 Å². The van der Waals surface area contributed by atoms with Gasteiger partial charge in [0.2, 0.25) is 0 Å². The van der Waals surface area contributed by atoms with Gasteiger partial charge >= 0.3 is 6.03 Å². The van der Waals surface area contributed by atoms with Crippen molar-refractivity contribution in [2.75, 3.05) is 30.3 Å². The van der Waals surface area contributed by atoms with Crippen LogP contribution in [0.2, 0.25) is 0 Å². The lowest BCUT2D eigenvalue weighted by atomic mass is 10.3. The zero-order valence-electron chi connectivity index (χ0n) is 11.0. The quantitative estimate of drug-likeness (QED) is 0.776. The van der Waals surface area contributed by atoms with Gasteiger partial charge in [0.05, 0.1) is 0 Å². The van der Waals surface area contributed by atoms with E-state index >= 15 is 0 Å². The van der Waals surface area contributed by atoms with E-state index < -0.39 is 15.2 Å². The van der Waals surface area contributed by atoms with E-state index in [1.165, 1.54) is 4.90 Å². The lowest BCUT2D eigenvalue weighted by molar-refractivity contribution is 0.196. The highest BCUT2D eigenvalue weighted by atomic mass is 32.2. The molecule has 5 nitrogen and oxygen atoms in total. The minimum Gasteiger partial charge on any atom is -0.338 e. The molecule has 0 radical (unpaired) electrons. The summed E-state index contributed by atoms with van der Waals surface area (Å²) >= 11 is 1.59. The molecule has 0 aromatic rings. The molecule has 18 heavy (non-hydrogen) atoms. The van der Waals surface area contributed by atoms with Crippen LogP contribution in [0.15, 0.2) is 0 Å². The molecular weight excluding hydrogens is 272 g/mol. The van der Waals surface area contributed by atoms with Gasteiger partial charge in [0, 0.05) is 30.3 Å². The first kappa shape index (κ1) is 15.6. The van der Waals surface area contributed by atoms with Gasteiger partial charge in [-0.25, -0.2) is 13.2 Å². The first-order valence-electron chi connectivity index (χ1n) is 6.36. The third-order valence-electron chi connectivity index (χ3n) is 2.97. The molecule has 0 aliphatic carbocycles. The molecule has 1 saturated heterocycles. The van der Waals surface area contributed by atoms with Crippen molar-refractivity contribution in [1.82, 2.24) is 10.2 Å². The van der Waals surface area contributed by atoms with Gasteiger partial charge in [0.15, 0.2) is 9.84 Å². The maximum atomic E-state index is 12.0. The molecule has 0 aromatic carbocycles. The second-order valence-electron chi connectivity index (χ2n) is 4.26. The van der Waals surface area contributed by atoms with Crippen LogP contribution in [0.4, 0.5) is 4.79 Å². The van der Waals surface area contributed by atoms with E-state index in [0.717, 1.165) is 18.6 Å². The Labute approximate surface area is 114 Å². The molecule has 2 amide bonds. The zero-order valence-corrected chi connectivity index (χ0v) is 12.6.